The Morgan fingerprint density at radius 1 is 1.11 bits per heavy atom. The number of rotatable bonds is 13. The maximum atomic E-state index is 14.7. The average Bonchev–Trinajstić information content (AvgIpc) is 3.67. The molecule has 6 atom stereocenters. The maximum absolute atomic E-state index is 14.7. The van der Waals surface area contributed by atoms with Crippen molar-refractivity contribution in [2.24, 2.45) is 11.8 Å². The molecule has 0 saturated carbocycles. The fourth-order valence-electron chi connectivity index (χ4n) is 7.23. The Morgan fingerprint density at radius 3 is 2.41 bits per heavy atom. The number of likely N-dealkylation sites (tertiary alicyclic amines) is 1. The van der Waals surface area contributed by atoms with E-state index in [9.17, 15) is 19.5 Å². The van der Waals surface area contributed by atoms with Gasteiger partial charge in [0.25, 0.3) is 5.91 Å². The molecule has 0 radical (unpaired) electrons. The number of benzene rings is 2. The summed E-state index contributed by atoms with van der Waals surface area (Å²) in [5, 5.41) is 10.7. The number of nitrogens with zero attached hydrogens (tertiary/aromatic N) is 3. The molecule has 1 spiro atoms. The number of carbonyl (C=O) groups excluding carboxylic acids is 3. The Morgan fingerprint density at radius 2 is 1.80 bits per heavy atom. The highest BCUT2D eigenvalue weighted by molar-refractivity contribution is 8.02. The lowest BCUT2D eigenvalue weighted by Crippen LogP contribution is -2.57. The number of aliphatic hydroxyl groups excluding tert-OH is 1. The molecule has 3 aliphatic rings. The number of halogens is 1. The largest absolute Gasteiger partial charge is 0.494 e. The Labute approximate surface area is 268 Å². The number of aliphatic hydroxyl groups is 1. The van der Waals surface area contributed by atoms with Crippen molar-refractivity contribution in [1.82, 2.24) is 4.90 Å². The van der Waals surface area contributed by atoms with Crippen LogP contribution in [0.1, 0.15) is 33.1 Å². The molecular weight excluding hydrogens is 598 g/mol. The van der Waals surface area contributed by atoms with E-state index in [0.29, 0.717) is 48.0 Å². The normalized spacial score (nSPS) is 25.8. The SMILES string of the molecule is C=CCN(C(=O)[C@@H]1[C@@H]2CCC3(S2)C(C(=O)N(CC=C)c2ccccc2Cl)N([C@@H](CC)CO)C(=O)[C@H]13)c1ccc(OCC)cc1. The quantitative estimate of drug-likeness (QED) is 0.298. The smallest absolute Gasteiger partial charge is 0.251 e. The Bertz CT molecular complexity index is 1420. The predicted octanol–water partition coefficient (Wildman–Crippen LogP) is 5.34. The van der Waals surface area contributed by atoms with Crippen LogP contribution in [0.4, 0.5) is 11.4 Å². The van der Waals surface area contributed by atoms with Gasteiger partial charge in [-0.2, -0.15) is 0 Å². The summed E-state index contributed by atoms with van der Waals surface area (Å²) >= 11 is 8.17. The zero-order valence-corrected chi connectivity index (χ0v) is 26.8. The molecule has 3 saturated heterocycles. The molecule has 3 fully saturated rings. The molecule has 44 heavy (non-hydrogen) atoms. The first kappa shape index (κ1) is 32.1. The second kappa shape index (κ2) is 13.4. The number of anilines is 2. The highest BCUT2D eigenvalue weighted by atomic mass is 35.5. The molecule has 0 aromatic heterocycles. The number of fused-ring (bicyclic) bond motifs is 1. The third-order valence-corrected chi connectivity index (χ3v) is 11.4. The third kappa shape index (κ3) is 5.33. The van der Waals surface area contributed by atoms with Gasteiger partial charge in [0.2, 0.25) is 11.8 Å². The molecule has 2 bridgehead atoms. The van der Waals surface area contributed by atoms with E-state index in [1.54, 1.807) is 56.8 Å². The monoisotopic (exact) mass is 637 g/mol. The summed E-state index contributed by atoms with van der Waals surface area (Å²) in [6, 6.07) is 13.0. The minimum absolute atomic E-state index is 0.119. The van der Waals surface area contributed by atoms with Crippen molar-refractivity contribution < 1.29 is 24.2 Å². The van der Waals surface area contributed by atoms with E-state index in [4.69, 9.17) is 16.3 Å². The summed E-state index contributed by atoms with van der Waals surface area (Å²) in [6.45, 7) is 12.3. The van der Waals surface area contributed by atoms with E-state index in [2.05, 4.69) is 13.2 Å². The van der Waals surface area contributed by atoms with Crippen LogP contribution in [0.3, 0.4) is 0 Å². The Balaban J connectivity index is 1.57. The van der Waals surface area contributed by atoms with Gasteiger partial charge < -0.3 is 24.5 Å². The highest BCUT2D eigenvalue weighted by Crippen LogP contribution is 2.67. The predicted molar refractivity (Wildman–Crippen MR) is 176 cm³/mol. The summed E-state index contributed by atoms with van der Waals surface area (Å²) < 4.78 is 4.77. The van der Waals surface area contributed by atoms with Gasteiger partial charge in [0.05, 0.1) is 46.5 Å². The molecule has 8 nitrogen and oxygen atoms in total. The number of para-hydroxylation sites is 1. The first-order valence-electron chi connectivity index (χ1n) is 15.2. The van der Waals surface area contributed by atoms with Crippen LogP contribution in [-0.2, 0) is 14.4 Å². The zero-order valence-electron chi connectivity index (χ0n) is 25.2. The van der Waals surface area contributed by atoms with Gasteiger partial charge in [0, 0.05) is 24.0 Å². The summed E-state index contributed by atoms with van der Waals surface area (Å²) in [4.78, 5) is 48.6. The van der Waals surface area contributed by atoms with E-state index in [1.165, 1.54) is 0 Å². The molecule has 1 N–H and O–H groups in total. The molecule has 5 rings (SSSR count). The molecule has 2 aromatic rings. The van der Waals surface area contributed by atoms with Gasteiger partial charge in [0.15, 0.2) is 0 Å². The van der Waals surface area contributed by atoms with Crippen LogP contribution < -0.4 is 14.5 Å². The fourth-order valence-corrected chi connectivity index (χ4v) is 9.66. The van der Waals surface area contributed by atoms with Crippen molar-refractivity contribution in [1.29, 1.82) is 0 Å². The van der Waals surface area contributed by atoms with Crippen molar-refractivity contribution in [2.45, 2.75) is 55.2 Å². The van der Waals surface area contributed by atoms with Crippen molar-refractivity contribution in [3.8, 4) is 5.75 Å². The number of carbonyl (C=O) groups is 3. The van der Waals surface area contributed by atoms with Crippen LogP contribution in [0.25, 0.3) is 0 Å². The van der Waals surface area contributed by atoms with Crippen molar-refractivity contribution >= 4 is 52.5 Å². The fraction of sp³-hybridized carbons (Fsp3) is 0.441. The molecule has 3 heterocycles. The van der Waals surface area contributed by atoms with Crippen molar-refractivity contribution in [2.75, 3.05) is 36.1 Å². The highest BCUT2D eigenvalue weighted by Gasteiger charge is 2.74. The average molecular weight is 638 g/mol. The lowest BCUT2D eigenvalue weighted by Gasteiger charge is -2.39. The van der Waals surface area contributed by atoms with Crippen molar-refractivity contribution in [3.05, 3.63) is 78.9 Å². The van der Waals surface area contributed by atoms with E-state index in [1.807, 2.05) is 44.2 Å². The van der Waals surface area contributed by atoms with Crippen molar-refractivity contribution in [3.63, 3.8) is 0 Å². The first-order chi connectivity index (χ1) is 21.3. The molecule has 234 valence electrons. The number of hydrogen-bond donors (Lipinski definition) is 1. The molecule has 2 aromatic carbocycles. The van der Waals surface area contributed by atoms with Gasteiger partial charge >= 0.3 is 0 Å². The third-order valence-electron chi connectivity index (χ3n) is 9.09. The van der Waals surface area contributed by atoms with Crippen LogP contribution >= 0.6 is 23.4 Å². The molecule has 3 aliphatic heterocycles. The summed E-state index contributed by atoms with van der Waals surface area (Å²) in [7, 11) is 0. The molecule has 10 heteroatoms. The topological polar surface area (TPSA) is 90.4 Å². The molecule has 0 aliphatic carbocycles. The van der Waals surface area contributed by atoms with E-state index < -0.39 is 28.7 Å². The Kier molecular flexibility index (Phi) is 9.77. The minimum Gasteiger partial charge on any atom is -0.494 e. The summed E-state index contributed by atoms with van der Waals surface area (Å²) in [5.74, 6) is -1.32. The Hall–Kier alpha value is -3.27. The lowest BCUT2D eigenvalue weighted by molar-refractivity contribution is -0.141. The molecule has 3 amide bonds. The van der Waals surface area contributed by atoms with Gasteiger partial charge in [0.1, 0.15) is 11.8 Å². The van der Waals surface area contributed by atoms with E-state index >= 15 is 0 Å². The second-order valence-corrected chi connectivity index (χ2v) is 13.4. The minimum atomic E-state index is -0.876. The van der Waals surface area contributed by atoms with Crippen LogP contribution in [0.2, 0.25) is 5.02 Å². The van der Waals surface area contributed by atoms with Crippen LogP contribution in [0.15, 0.2) is 73.8 Å². The van der Waals surface area contributed by atoms with Gasteiger partial charge in [-0.05, 0) is 62.6 Å². The molecular formula is C34H40ClN3O5S. The van der Waals surface area contributed by atoms with E-state index in [0.717, 1.165) is 0 Å². The zero-order chi connectivity index (χ0) is 31.6. The van der Waals surface area contributed by atoms with Gasteiger partial charge in [-0.1, -0.05) is 42.8 Å². The van der Waals surface area contributed by atoms with Crippen LogP contribution in [-0.4, -0.2) is 76.1 Å². The van der Waals surface area contributed by atoms with Gasteiger partial charge in [-0.3, -0.25) is 14.4 Å². The second-order valence-electron chi connectivity index (χ2n) is 11.4. The number of amides is 3. The number of hydrogen-bond acceptors (Lipinski definition) is 6. The molecule has 2 unspecified atom stereocenters. The number of ether oxygens (including phenoxy) is 1. The van der Waals surface area contributed by atoms with Gasteiger partial charge in [-0.15, -0.1) is 24.9 Å². The first-order valence-corrected chi connectivity index (χ1v) is 16.5. The standard InChI is InChI=1S/C34H40ClN3O5S/c1-5-19-36(23-13-15-24(16-14-23)43-8-4)31(40)28-27-17-18-34(44-27)29(28)32(41)38(22(7-3)21-39)30(34)33(42)37(20-6-2)26-12-10-9-11-25(26)35/h5-6,9-16,22,27-30,39H,1-2,7-8,17-21H2,3-4H3/t22-,27-,28+,29-,30?,34?/m0/s1. The van der Waals surface area contributed by atoms with Crippen LogP contribution in [0, 0.1) is 11.8 Å². The number of thioether (sulfide) groups is 1. The maximum Gasteiger partial charge on any atom is 0.251 e. The van der Waals surface area contributed by atoms with Crippen LogP contribution in [0.5, 0.6) is 5.75 Å². The lowest BCUT2D eigenvalue weighted by atomic mass is 9.70. The van der Waals surface area contributed by atoms with Gasteiger partial charge in [-0.25, -0.2) is 0 Å². The summed E-state index contributed by atoms with van der Waals surface area (Å²) in [5.41, 5.74) is 1.22. The van der Waals surface area contributed by atoms with E-state index in [-0.39, 0.29) is 42.7 Å². The summed E-state index contributed by atoms with van der Waals surface area (Å²) in [6.07, 6.45) is 5.10.